The molecule has 0 aliphatic heterocycles. The van der Waals surface area contributed by atoms with E-state index >= 15 is 0 Å². The van der Waals surface area contributed by atoms with Gasteiger partial charge in [-0.15, -0.1) is 0 Å². The van der Waals surface area contributed by atoms with Crippen molar-refractivity contribution in [2.45, 2.75) is 398 Å². The lowest BCUT2D eigenvalue weighted by Gasteiger charge is -2.36. The Kier molecular flexibility index (Phi) is 56.6. The lowest BCUT2D eigenvalue weighted by Crippen LogP contribution is -2.55. The number of ether oxygens (including phenoxy) is 1. The predicted molar refractivity (Wildman–Crippen MR) is 308 cm³/mol. The minimum atomic E-state index is -2.25. The van der Waals surface area contributed by atoms with E-state index in [1.807, 2.05) is 0 Å². The van der Waals surface area contributed by atoms with Gasteiger partial charge in [0.1, 0.15) is 12.2 Å². The van der Waals surface area contributed by atoms with Crippen LogP contribution < -0.4 is 0 Å². The highest BCUT2D eigenvalue weighted by molar-refractivity contribution is 5.69. The van der Waals surface area contributed by atoms with E-state index in [2.05, 4.69) is 32.9 Å². The standard InChI is InChI=1S/C65H128O5/c1-4-7-10-13-16-19-22-25-28-30-32-34-36-39-41-44-47-50-53-56-59-62(66)65(69,70-64(68)61-58-55-52-49-46-43-38-27-24-21-18-15-12-9-6-3)63(67)60-57-54-51-48-45-42-40-37-35-33-31-29-26-23-20-17-14-11-8-5-2/h27,38,62-63,66-67,69H,4-26,28-37,39-61H2,1-3H3. The van der Waals surface area contributed by atoms with Crippen LogP contribution in [0.4, 0.5) is 0 Å². The summed E-state index contributed by atoms with van der Waals surface area (Å²) >= 11 is 0. The van der Waals surface area contributed by atoms with Crippen LogP contribution in [0, 0.1) is 0 Å². The van der Waals surface area contributed by atoms with Gasteiger partial charge in [-0.1, -0.05) is 341 Å². The van der Waals surface area contributed by atoms with Crippen LogP contribution in [0.1, 0.15) is 380 Å². The Morgan fingerprint density at radius 3 is 0.771 bits per heavy atom. The summed E-state index contributed by atoms with van der Waals surface area (Å²) in [6, 6.07) is 0. The van der Waals surface area contributed by atoms with Gasteiger partial charge in [0.25, 0.3) is 5.79 Å². The van der Waals surface area contributed by atoms with Gasteiger partial charge in [0.05, 0.1) is 0 Å². The Bertz CT molecular complexity index is 977. The average Bonchev–Trinajstić information content (AvgIpc) is 3.36. The maximum absolute atomic E-state index is 13.1. The fourth-order valence-electron chi connectivity index (χ4n) is 10.5. The van der Waals surface area contributed by atoms with Crippen LogP contribution in [0.2, 0.25) is 0 Å². The normalized spacial score (nSPS) is 13.6. The SMILES string of the molecule is CCCCCCCCC=CCCCCCCCC(=O)OC(O)(C(O)CCCCCCCCCCCCCCCCCCCCCC)C(O)CCCCCCCCCCCCCCCCCCCCCC. The zero-order valence-electron chi connectivity index (χ0n) is 48.1. The third-order valence-electron chi connectivity index (χ3n) is 15.5. The summed E-state index contributed by atoms with van der Waals surface area (Å²) in [6.07, 6.45) is 70.9. The number of carbonyl (C=O) groups excluding carboxylic acids is 1. The smallest absolute Gasteiger partial charge is 0.308 e. The van der Waals surface area contributed by atoms with Gasteiger partial charge >= 0.3 is 5.97 Å². The first-order valence-electron chi connectivity index (χ1n) is 32.4. The number of hydrogen-bond donors (Lipinski definition) is 3. The highest BCUT2D eigenvalue weighted by Gasteiger charge is 2.46. The number of carbonyl (C=O) groups is 1. The van der Waals surface area contributed by atoms with E-state index in [1.165, 1.54) is 270 Å². The molecule has 2 unspecified atom stereocenters. The van der Waals surface area contributed by atoms with Gasteiger partial charge < -0.3 is 20.1 Å². The summed E-state index contributed by atoms with van der Waals surface area (Å²) in [5.74, 6) is -2.76. The molecule has 0 bridgehead atoms. The summed E-state index contributed by atoms with van der Waals surface area (Å²) < 4.78 is 5.68. The van der Waals surface area contributed by atoms with Gasteiger partial charge in [-0.2, -0.15) is 0 Å². The monoisotopic (exact) mass is 989 g/mol. The van der Waals surface area contributed by atoms with Crippen LogP contribution in [0.15, 0.2) is 12.2 Å². The van der Waals surface area contributed by atoms with E-state index in [9.17, 15) is 20.1 Å². The number of aliphatic hydroxyl groups is 3. The predicted octanol–water partition coefficient (Wildman–Crippen LogP) is 21.4. The zero-order valence-corrected chi connectivity index (χ0v) is 48.1. The lowest BCUT2D eigenvalue weighted by atomic mass is 9.93. The Balaban J connectivity index is 4.42. The second kappa shape index (κ2) is 57.4. The first-order chi connectivity index (χ1) is 34.4. The Hall–Kier alpha value is -0.910. The van der Waals surface area contributed by atoms with Crippen molar-refractivity contribution in [3.63, 3.8) is 0 Å². The maximum Gasteiger partial charge on any atom is 0.308 e. The molecule has 0 aliphatic carbocycles. The molecule has 0 spiro atoms. The van der Waals surface area contributed by atoms with Crippen LogP contribution in [0.5, 0.6) is 0 Å². The molecule has 0 aromatic rings. The number of esters is 1. The number of allylic oxidation sites excluding steroid dienone is 2. The second-order valence-electron chi connectivity index (χ2n) is 22.6. The van der Waals surface area contributed by atoms with E-state index in [0.29, 0.717) is 19.3 Å². The fraction of sp³-hybridized carbons (Fsp3) is 0.954. The van der Waals surface area contributed by atoms with Gasteiger partial charge in [-0.05, 0) is 44.9 Å². The van der Waals surface area contributed by atoms with Gasteiger partial charge in [0.15, 0.2) is 0 Å². The molecular formula is C65H128O5. The Morgan fingerprint density at radius 2 is 0.529 bits per heavy atom. The highest BCUT2D eigenvalue weighted by atomic mass is 16.7. The molecule has 0 aromatic heterocycles. The molecule has 0 radical (unpaired) electrons. The van der Waals surface area contributed by atoms with Gasteiger partial charge in [0.2, 0.25) is 0 Å². The molecule has 0 amide bonds. The van der Waals surface area contributed by atoms with Crippen molar-refractivity contribution in [3.8, 4) is 0 Å². The summed E-state index contributed by atoms with van der Waals surface area (Å²) in [6.45, 7) is 6.85. The van der Waals surface area contributed by atoms with Crippen molar-refractivity contribution in [2.24, 2.45) is 0 Å². The second-order valence-corrected chi connectivity index (χ2v) is 22.6. The third-order valence-corrected chi connectivity index (χ3v) is 15.5. The minimum absolute atomic E-state index is 0.207. The number of hydrogen-bond acceptors (Lipinski definition) is 5. The fourth-order valence-corrected chi connectivity index (χ4v) is 10.5. The quantitative estimate of drug-likeness (QED) is 0.0245. The lowest BCUT2D eigenvalue weighted by molar-refractivity contribution is -0.288. The molecule has 0 rings (SSSR count). The molecule has 5 nitrogen and oxygen atoms in total. The van der Waals surface area contributed by atoms with Crippen molar-refractivity contribution in [1.29, 1.82) is 0 Å². The van der Waals surface area contributed by atoms with Crippen molar-refractivity contribution in [2.75, 3.05) is 0 Å². The van der Waals surface area contributed by atoms with Crippen LogP contribution >= 0.6 is 0 Å². The summed E-state index contributed by atoms with van der Waals surface area (Å²) in [5, 5.41) is 34.3. The molecule has 2 atom stereocenters. The van der Waals surface area contributed by atoms with E-state index in [4.69, 9.17) is 4.74 Å². The van der Waals surface area contributed by atoms with E-state index in [-0.39, 0.29) is 6.42 Å². The van der Waals surface area contributed by atoms with Crippen molar-refractivity contribution < 1.29 is 24.9 Å². The van der Waals surface area contributed by atoms with Crippen LogP contribution in [-0.2, 0) is 9.53 Å². The topological polar surface area (TPSA) is 87.0 Å². The van der Waals surface area contributed by atoms with E-state index < -0.39 is 24.0 Å². The van der Waals surface area contributed by atoms with Crippen molar-refractivity contribution in [1.82, 2.24) is 0 Å². The largest absolute Gasteiger partial charge is 0.427 e. The van der Waals surface area contributed by atoms with Crippen LogP contribution in [-0.4, -0.2) is 39.3 Å². The molecule has 0 aliphatic rings. The van der Waals surface area contributed by atoms with Gasteiger partial charge in [-0.25, -0.2) is 0 Å². The summed E-state index contributed by atoms with van der Waals surface area (Å²) in [7, 11) is 0. The molecule has 418 valence electrons. The Labute approximate surface area is 439 Å². The molecule has 5 heteroatoms. The highest BCUT2D eigenvalue weighted by Crippen LogP contribution is 2.28. The molecule has 0 aromatic carbocycles. The first-order valence-corrected chi connectivity index (χ1v) is 32.4. The number of unbranched alkanes of at least 4 members (excludes halogenated alkanes) is 49. The van der Waals surface area contributed by atoms with Crippen LogP contribution in [0.25, 0.3) is 0 Å². The molecule has 0 saturated heterocycles. The third kappa shape index (κ3) is 49.3. The Morgan fingerprint density at radius 1 is 0.329 bits per heavy atom. The summed E-state index contributed by atoms with van der Waals surface area (Å²) in [4.78, 5) is 13.1. The maximum atomic E-state index is 13.1. The molecule has 0 saturated carbocycles. The molecule has 0 fully saturated rings. The summed E-state index contributed by atoms with van der Waals surface area (Å²) in [5.41, 5.74) is 0. The molecule has 70 heavy (non-hydrogen) atoms. The molecule has 3 N–H and O–H groups in total. The van der Waals surface area contributed by atoms with Gasteiger partial charge in [0, 0.05) is 6.42 Å². The van der Waals surface area contributed by atoms with Crippen molar-refractivity contribution >= 4 is 5.97 Å². The van der Waals surface area contributed by atoms with Crippen molar-refractivity contribution in [3.05, 3.63) is 12.2 Å². The number of rotatable bonds is 60. The van der Waals surface area contributed by atoms with Crippen LogP contribution in [0.3, 0.4) is 0 Å². The van der Waals surface area contributed by atoms with E-state index in [0.717, 1.165) is 64.2 Å². The average molecular weight is 990 g/mol. The van der Waals surface area contributed by atoms with Gasteiger partial charge in [-0.3, -0.25) is 4.79 Å². The minimum Gasteiger partial charge on any atom is -0.427 e. The van der Waals surface area contributed by atoms with E-state index in [1.54, 1.807) is 0 Å². The number of aliphatic hydroxyl groups excluding tert-OH is 2. The molecular weight excluding hydrogens is 861 g/mol. The zero-order chi connectivity index (χ0) is 51.0. The first kappa shape index (κ1) is 69.1. The molecule has 0 heterocycles.